The lowest BCUT2D eigenvalue weighted by molar-refractivity contribution is -0.123. The molecule has 2 unspecified atom stereocenters. The van der Waals surface area contributed by atoms with E-state index in [9.17, 15) is 4.79 Å². The minimum atomic E-state index is -0.406. The van der Waals surface area contributed by atoms with Crippen molar-refractivity contribution in [3.63, 3.8) is 0 Å². The summed E-state index contributed by atoms with van der Waals surface area (Å²) < 4.78 is 0. The first-order chi connectivity index (χ1) is 7.75. The monoisotopic (exact) mass is 243 g/mol. The van der Waals surface area contributed by atoms with Crippen molar-refractivity contribution in [3.05, 3.63) is 0 Å². The predicted molar refractivity (Wildman–Crippen MR) is 72.8 cm³/mol. The smallest absolute Gasteiger partial charge is 0.237 e. The van der Waals surface area contributed by atoms with Crippen molar-refractivity contribution in [1.29, 1.82) is 0 Å². The second-order valence-corrected chi connectivity index (χ2v) is 5.76. The summed E-state index contributed by atoms with van der Waals surface area (Å²) >= 11 is 0. The third-order valence-corrected chi connectivity index (χ3v) is 3.01. The summed E-state index contributed by atoms with van der Waals surface area (Å²) in [5.74, 6) is 0.756. The van der Waals surface area contributed by atoms with Crippen molar-refractivity contribution in [3.8, 4) is 0 Å². The Hall–Kier alpha value is -0.610. The lowest BCUT2D eigenvalue weighted by Gasteiger charge is -2.27. The second-order valence-electron chi connectivity index (χ2n) is 5.76. The van der Waals surface area contributed by atoms with Crippen LogP contribution in [0.1, 0.15) is 34.1 Å². The summed E-state index contributed by atoms with van der Waals surface area (Å²) in [6, 6.07) is -0.0322. The SMILES string of the molecule is CC(C)CC(CNC(=O)C(N)C(C)C)N(C)C. The molecule has 0 saturated carbocycles. The van der Waals surface area contributed by atoms with E-state index >= 15 is 0 Å². The van der Waals surface area contributed by atoms with E-state index in [1.807, 2.05) is 27.9 Å². The minimum Gasteiger partial charge on any atom is -0.353 e. The van der Waals surface area contributed by atoms with Gasteiger partial charge < -0.3 is 16.0 Å². The second kappa shape index (κ2) is 7.67. The van der Waals surface area contributed by atoms with E-state index in [0.717, 1.165) is 6.42 Å². The lowest BCUT2D eigenvalue weighted by atomic mass is 10.0. The highest BCUT2D eigenvalue weighted by Gasteiger charge is 2.19. The largest absolute Gasteiger partial charge is 0.353 e. The zero-order valence-electron chi connectivity index (χ0n) is 12.2. The number of nitrogens with zero attached hydrogens (tertiary/aromatic N) is 1. The third-order valence-electron chi connectivity index (χ3n) is 3.01. The maximum Gasteiger partial charge on any atom is 0.237 e. The fourth-order valence-electron chi connectivity index (χ4n) is 1.66. The van der Waals surface area contributed by atoms with Crippen molar-refractivity contribution >= 4 is 5.91 Å². The average molecular weight is 243 g/mol. The van der Waals surface area contributed by atoms with Crippen LogP contribution in [0.5, 0.6) is 0 Å². The van der Waals surface area contributed by atoms with Crippen LogP contribution in [0.15, 0.2) is 0 Å². The molecule has 4 heteroatoms. The van der Waals surface area contributed by atoms with E-state index < -0.39 is 6.04 Å². The number of amides is 1. The number of nitrogens with one attached hydrogen (secondary N) is 1. The summed E-state index contributed by atoms with van der Waals surface area (Å²) in [4.78, 5) is 13.9. The molecule has 0 saturated heterocycles. The summed E-state index contributed by atoms with van der Waals surface area (Å²) in [5, 5.41) is 2.94. The molecule has 0 fully saturated rings. The van der Waals surface area contributed by atoms with Crippen LogP contribution in [0.25, 0.3) is 0 Å². The molecule has 0 aliphatic heterocycles. The fourth-order valence-corrected chi connectivity index (χ4v) is 1.66. The Labute approximate surface area is 106 Å². The number of hydrogen-bond acceptors (Lipinski definition) is 3. The lowest BCUT2D eigenvalue weighted by Crippen LogP contribution is -2.48. The standard InChI is InChI=1S/C13H29N3O/c1-9(2)7-11(16(5)6)8-15-13(17)12(14)10(3)4/h9-12H,7-8,14H2,1-6H3,(H,15,17). The Kier molecular flexibility index (Phi) is 7.39. The Balaban J connectivity index is 4.17. The van der Waals surface area contributed by atoms with E-state index in [2.05, 4.69) is 24.1 Å². The van der Waals surface area contributed by atoms with Crippen LogP contribution in [0.2, 0.25) is 0 Å². The summed E-state index contributed by atoms with van der Waals surface area (Å²) in [5.41, 5.74) is 5.80. The van der Waals surface area contributed by atoms with Gasteiger partial charge in [0.05, 0.1) is 6.04 Å². The van der Waals surface area contributed by atoms with Gasteiger partial charge in [-0.3, -0.25) is 4.79 Å². The van der Waals surface area contributed by atoms with E-state index in [-0.39, 0.29) is 11.8 Å². The molecule has 0 aromatic rings. The number of hydrogen-bond donors (Lipinski definition) is 2. The highest BCUT2D eigenvalue weighted by Crippen LogP contribution is 2.08. The van der Waals surface area contributed by atoms with Crippen LogP contribution in [0.3, 0.4) is 0 Å². The molecule has 0 rings (SSSR count). The van der Waals surface area contributed by atoms with Crippen LogP contribution in [-0.2, 0) is 4.79 Å². The number of carbonyl (C=O) groups is 1. The number of nitrogens with two attached hydrogens (primary N) is 1. The molecule has 0 bridgehead atoms. The van der Waals surface area contributed by atoms with E-state index in [4.69, 9.17) is 5.73 Å². The van der Waals surface area contributed by atoms with Gasteiger partial charge in [-0.05, 0) is 32.4 Å². The van der Waals surface area contributed by atoms with Gasteiger partial charge in [0.15, 0.2) is 0 Å². The van der Waals surface area contributed by atoms with Crippen molar-refractivity contribution in [2.45, 2.75) is 46.2 Å². The summed E-state index contributed by atoms with van der Waals surface area (Å²) in [7, 11) is 4.09. The molecule has 0 heterocycles. The van der Waals surface area contributed by atoms with Gasteiger partial charge in [0.25, 0.3) is 0 Å². The third kappa shape index (κ3) is 6.64. The summed E-state index contributed by atoms with van der Waals surface area (Å²) in [6.45, 7) is 8.98. The molecule has 0 spiro atoms. The molecule has 0 aromatic carbocycles. The zero-order chi connectivity index (χ0) is 13.6. The van der Waals surface area contributed by atoms with Gasteiger partial charge in [-0.1, -0.05) is 27.7 Å². The molecule has 102 valence electrons. The fraction of sp³-hybridized carbons (Fsp3) is 0.923. The van der Waals surface area contributed by atoms with Crippen molar-refractivity contribution in [2.75, 3.05) is 20.6 Å². The molecule has 17 heavy (non-hydrogen) atoms. The van der Waals surface area contributed by atoms with Crippen LogP contribution in [-0.4, -0.2) is 43.5 Å². The molecule has 4 nitrogen and oxygen atoms in total. The maximum absolute atomic E-state index is 11.7. The zero-order valence-corrected chi connectivity index (χ0v) is 12.2. The number of rotatable bonds is 7. The quantitative estimate of drug-likeness (QED) is 0.703. The van der Waals surface area contributed by atoms with Crippen molar-refractivity contribution < 1.29 is 4.79 Å². The first kappa shape index (κ1) is 16.4. The summed E-state index contributed by atoms with van der Waals surface area (Å²) in [6.07, 6.45) is 1.07. The Morgan fingerprint density at radius 2 is 1.76 bits per heavy atom. The van der Waals surface area contributed by atoms with E-state index in [1.54, 1.807) is 0 Å². The Morgan fingerprint density at radius 1 is 1.24 bits per heavy atom. The Morgan fingerprint density at radius 3 is 2.12 bits per heavy atom. The topological polar surface area (TPSA) is 58.4 Å². The van der Waals surface area contributed by atoms with Crippen LogP contribution in [0, 0.1) is 11.8 Å². The van der Waals surface area contributed by atoms with Gasteiger partial charge >= 0.3 is 0 Å². The number of carbonyl (C=O) groups excluding carboxylic acids is 1. The van der Waals surface area contributed by atoms with Crippen LogP contribution in [0.4, 0.5) is 0 Å². The molecular formula is C13H29N3O. The molecule has 0 aliphatic carbocycles. The molecule has 0 aromatic heterocycles. The van der Waals surface area contributed by atoms with Gasteiger partial charge in [0.2, 0.25) is 5.91 Å². The molecule has 1 amide bonds. The van der Waals surface area contributed by atoms with Crippen molar-refractivity contribution in [2.24, 2.45) is 17.6 Å². The predicted octanol–water partition coefficient (Wildman–Crippen LogP) is 1.06. The molecular weight excluding hydrogens is 214 g/mol. The van der Waals surface area contributed by atoms with Gasteiger partial charge in [-0.2, -0.15) is 0 Å². The normalized spacial score (nSPS) is 15.4. The van der Waals surface area contributed by atoms with Gasteiger partial charge in [0, 0.05) is 12.6 Å². The van der Waals surface area contributed by atoms with E-state index in [0.29, 0.717) is 18.5 Å². The van der Waals surface area contributed by atoms with Gasteiger partial charge in [-0.15, -0.1) is 0 Å². The van der Waals surface area contributed by atoms with Gasteiger partial charge in [-0.25, -0.2) is 0 Å². The first-order valence-electron chi connectivity index (χ1n) is 6.45. The highest BCUT2D eigenvalue weighted by atomic mass is 16.2. The molecule has 0 aliphatic rings. The minimum absolute atomic E-state index is 0.0457. The van der Waals surface area contributed by atoms with Crippen molar-refractivity contribution in [1.82, 2.24) is 10.2 Å². The van der Waals surface area contributed by atoms with E-state index in [1.165, 1.54) is 0 Å². The molecule has 0 radical (unpaired) electrons. The van der Waals surface area contributed by atoms with Crippen LogP contribution >= 0.6 is 0 Å². The maximum atomic E-state index is 11.7. The van der Waals surface area contributed by atoms with Gasteiger partial charge in [0.1, 0.15) is 0 Å². The average Bonchev–Trinajstić information content (AvgIpc) is 2.21. The first-order valence-corrected chi connectivity index (χ1v) is 6.45. The molecule has 2 atom stereocenters. The van der Waals surface area contributed by atoms with Crippen LogP contribution < -0.4 is 11.1 Å². The Bertz CT molecular complexity index is 227. The highest BCUT2D eigenvalue weighted by molar-refractivity contribution is 5.81. The number of likely N-dealkylation sites (N-methyl/N-ethyl adjacent to an activating group) is 1. The molecule has 3 N–H and O–H groups in total.